The zero-order valence-electron chi connectivity index (χ0n) is 6.47. The molecule has 1 saturated heterocycles. The summed E-state index contributed by atoms with van der Waals surface area (Å²) in [6.45, 7) is 1.15. The molecule has 0 bridgehead atoms. The van der Waals surface area contributed by atoms with E-state index in [1.165, 1.54) is 19.3 Å². The van der Waals surface area contributed by atoms with Gasteiger partial charge in [0.2, 0.25) is 0 Å². The van der Waals surface area contributed by atoms with Crippen molar-refractivity contribution in [2.75, 3.05) is 13.7 Å². The van der Waals surface area contributed by atoms with E-state index in [4.69, 9.17) is 4.74 Å². The number of methoxy groups -OCH3 is 1. The first-order valence-electron chi connectivity index (χ1n) is 4.18. The van der Waals surface area contributed by atoms with Crippen molar-refractivity contribution in [3.8, 4) is 0 Å². The molecule has 0 spiro atoms. The summed E-state index contributed by atoms with van der Waals surface area (Å²) in [6.07, 6.45) is 4.54. The molecule has 58 valence electrons. The van der Waals surface area contributed by atoms with Gasteiger partial charge in [-0.05, 0) is 31.7 Å². The van der Waals surface area contributed by atoms with Gasteiger partial charge in [-0.25, -0.2) is 0 Å². The van der Waals surface area contributed by atoms with Crippen LogP contribution in [0.25, 0.3) is 0 Å². The summed E-state index contributed by atoms with van der Waals surface area (Å²) in [7, 11) is 1.83. The highest BCUT2D eigenvalue weighted by molar-refractivity contribution is 4.95. The Hall–Kier alpha value is -0.0800. The molecule has 1 aliphatic heterocycles. The van der Waals surface area contributed by atoms with Crippen LogP contribution in [0, 0.1) is 5.92 Å². The summed E-state index contributed by atoms with van der Waals surface area (Å²) in [6, 6.07) is 0.685. The molecule has 1 aliphatic carbocycles. The van der Waals surface area contributed by atoms with Gasteiger partial charge in [0.25, 0.3) is 0 Å². The van der Waals surface area contributed by atoms with Crippen LogP contribution in [0.15, 0.2) is 0 Å². The first-order chi connectivity index (χ1) is 4.92. The van der Waals surface area contributed by atoms with Crippen LogP contribution in [0.1, 0.15) is 19.3 Å². The standard InChI is InChI=1S/C8H15NO/c1-10-7-4-5-9-8(7)6-2-3-6/h6-9H,2-5H2,1H3. The van der Waals surface area contributed by atoms with E-state index in [0.29, 0.717) is 12.1 Å². The van der Waals surface area contributed by atoms with Crippen LogP contribution in [0.2, 0.25) is 0 Å². The Bertz CT molecular complexity index is 122. The van der Waals surface area contributed by atoms with Crippen molar-refractivity contribution in [3.05, 3.63) is 0 Å². The molecule has 2 atom stereocenters. The highest BCUT2D eigenvalue weighted by Crippen LogP contribution is 2.36. The topological polar surface area (TPSA) is 21.3 Å². The predicted molar refractivity (Wildman–Crippen MR) is 39.9 cm³/mol. The van der Waals surface area contributed by atoms with Gasteiger partial charge in [-0.15, -0.1) is 0 Å². The molecule has 2 aliphatic rings. The summed E-state index contributed by atoms with van der Waals surface area (Å²) in [5.41, 5.74) is 0. The third kappa shape index (κ3) is 1.06. The van der Waals surface area contributed by atoms with Gasteiger partial charge in [0, 0.05) is 13.2 Å². The Morgan fingerprint density at radius 2 is 2.10 bits per heavy atom. The molecule has 1 heterocycles. The van der Waals surface area contributed by atoms with Gasteiger partial charge in [-0.3, -0.25) is 0 Å². The van der Waals surface area contributed by atoms with Gasteiger partial charge >= 0.3 is 0 Å². The third-order valence-electron chi connectivity index (χ3n) is 2.64. The maximum absolute atomic E-state index is 5.36. The monoisotopic (exact) mass is 141 g/mol. The molecular weight excluding hydrogens is 126 g/mol. The Kier molecular flexibility index (Phi) is 1.66. The fraction of sp³-hybridized carbons (Fsp3) is 1.00. The predicted octanol–water partition coefficient (Wildman–Crippen LogP) is 0.773. The zero-order chi connectivity index (χ0) is 6.97. The van der Waals surface area contributed by atoms with Gasteiger partial charge in [0.05, 0.1) is 6.10 Å². The van der Waals surface area contributed by atoms with E-state index in [-0.39, 0.29) is 0 Å². The summed E-state index contributed by atoms with van der Waals surface area (Å²) < 4.78 is 5.36. The summed E-state index contributed by atoms with van der Waals surface area (Å²) in [5.74, 6) is 0.937. The molecule has 2 heteroatoms. The Labute approximate surface area is 61.9 Å². The van der Waals surface area contributed by atoms with Crippen LogP contribution in [0.3, 0.4) is 0 Å². The van der Waals surface area contributed by atoms with E-state index in [9.17, 15) is 0 Å². The van der Waals surface area contributed by atoms with E-state index in [1.54, 1.807) is 0 Å². The van der Waals surface area contributed by atoms with Crippen molar-refractivity contribution in [1.29, 1.82) is 0 Å². The van der Waals surface area contributed by atoms with E-state index < -0.39 is 0 Å². The van der Waals surface area contributed by atoms with Gasteiger partial charge in [0.15, 0.2) is 0 Å². The fourth-order valence-electron chi connectivity index (χ4n) is 1.89. The second-order valence-electron chi connectivity index (χ2n) is 3.38. The zero-order valence-corrected chi connectivity index (χ0v) is 6.47. The molecule has 2 fully saturated rings. The molecule has 1 N–H and O–H groups in total. The maximum Gasteiger partial charge on any atom is 0.0739 e. The number of rotatable bonds is 2. The van der Waals surface area contributed by atoms with Crippen LogP contribution >= 0.6 is 0 Å². The van der Waals surface area contributed by atoms with Crippen molar-refractivity contribution < 1.29 is 4.74 Å². The maximum atomic E-state index is 5.36. The van der Waals surface area contributed by atoms with E-state index in [0.717, 1.165) is 12.5 Å². The molecule has 0 radical (unpaired) electrons. The van der Waals surface area contributed by atoms with Gasteiger partial charge in [-0.2, -0.15) is 0 Å². The number of ether oxygens (including phenoxy) is 1. The number of nitrogens with one attached hydrogen (secondary N) is 1. The SMILES string of the molecule is COC1CCNC1C1CC1. The molecule has 10 heavy (non-hydrogen) atoms. The van der Waals surface area contributed by atoms with Crippen LogP contribution in [-0.4, -0.2) is 25.8 Å². The minimum Gasteiger partial charge on any atom is -0.380 e. The van der Waals surface area contributed by atoms with Crippen molar-refractivity contribution in [2.45, 2.75) is 31.4 Å². The van der Waals surface area contributed by atoms with Gasteiger partial charge in [0.1, 0.15) is 0 Å². The highest BCUT2D eigenvalue weighted by Gasteiger charge is 2.39. The normalized spacial score (nSPS) is 40.5. The molecule has 0 aromatic carbocycles. The van der Waals surface area contributed by atoms with Crippen LogP contribution in [0.5, 0.6) is 0 Å². The Morgan fingerprint density at radius 3 is 2.70 bits per heavy atom. The highest BCUT2D eigenvalue weighted by atomic mass is 16.5. The van der Waals surface area contributed by atoms with Crippen molar-refractivity contribution in [2.24, 2.45) is 5.92 Å². The smallest absolute Gasteiger partial charge is 0.0739 e. The van der Waals surface area contributed by atoms with Crippen LogP contribution < -0.4 is 5.32 Å². The van der Waals surface area contributed by atoms with Crippen LogP contribution in [-0.2, 0) is 4.74 Å². The largest absolute Gasteiger partial charge is 0.380 e. The van der Waals surface area contributed by atoms with Crippen molar-refractivity contribution in [1.82, 2.24) is 5.32 Å². The van der Waals surface area contributed by atoms with E-state index in [2.05, 4.69) is 5.32 Å². The molecular formula is C8H15NO. The molecule has 2 rings (SSSR count). The van der Waals surface area contributed by atoms with Gasteiger partial charge < -0.3 is 10.1 Å². The second-order valence-corrected chi connectivity index (χ2v) is 3.38. The molecule has 1 saturated carbocycles. The minimum absolute atomic E-state index is 0.507. The van der Waals surface area contributed by atoms with Gasteiger partial charge in [-0.1, -0.05) is 0 Å². The first kappa shape index (κ1) is 6.62. The fourth-order valence-corrected chi connectivity index (χ4v) is 1.89. The molecule has 2 unspecified atom stereocenters. The summed E-state index contributed by atoms with van der Waals surface area (Å²) in [5, 5.41) is 3.49. The molecule has 0 aromatic heterocycles. The minimum atomic E-state index is 0.507. The second kappa shape index (κ2) is 2.51. The lowest BCUT2D eigenvalue weighted by molar-refractivity contribution is 0.0858. The molecule has 0 aromatic rings. The average molecular weight is 141 g/mol. The van der Waals surface area contributed by atoms with E-state index >= 15 is 0 Å². The third-order valence-corrected chi connectivity index (χ3v) is 2.64. The Balaban J connectivity index is 1.91. The number of hydrogen-bond acceptors (Lipinski definition) is 2. The Morgan fingerprint density at radius 1 is 1.30 bits per heavy atom. The van der Waals surface area contributed by atoms with E-state index in [1.807, 2.05) is 7.11 Å². The van der Waals surface area contributed by atoms with Crippen molar-refractivity contribution >= 4 is 0 Å². The van der Waals surface area contributed by atoms with Crippen molar-refractivity contribution in [3.63, 3.8) is 0 Å². The first-order valence-corrected chi connectivity index (χ1v) is 4.18. The lowest BCUT2D eigenvalue weighted by Crippen LogP contribution is -2.33. The van der Waals surface area contributed by atoms with Crippen LogP contribution in [0.4, 0.5) is 0 Å². The average Bonchev–Trinajstić information content (AvgIpc) is 2.69. The lowest BCUT2D eigenvalue weighted by Gasteiger charge is -2.16. The number of hydrogen-bond donors (Lipinski definition) is 1. The quantitative estimate of drug-likeness (QED) is 0.613. The molecule has 0 amide bonds. The lowest BCUT2D eigenvalue weighted by atomic mass is 10.1. The summed E-state index contributed by atoms with van der Waals surface area (Å²) >= 11 is 0. The summed E-state index contributed by atoms with van der Waals surface area (Å²) in [4.78, 5) is 0. The molecule has 2 nitrogen and oxygen atoms in total.